The number of nitrogens with one attached hydrogen (secondary N) is 1. The second-order valence-electron chi connectivity index (χ2n) is 5.35. The highest BCUT2D eigenvalue weighted by Gasteiger charge is 2.41. The van der Waals surface area contributed by atoms with Gasteiger partial charge in [-0.1, -0.05) is 12.1 Å². The van der Waals surface area contributed by atoms with E-state index in [9.17, 15) is 27.3 Å². The second kappa shape index (κ2) is 4.86. The zero-order valence-corrected chi connectivity index (χ0v) is 11.3. The van der Waals surface area contributed by atoms with Gasteiger partial charge < -0.3 is 17.8 Å². The van der Waals surface area contributed by atoms with Crippen molar-refractivity contribution >= 4 is 30.2 Å². The molecule has 3 amide bonds. The Morgan fingerprint density at radius 2 is 1.91 bits per heavy atom. The first kappa shape index (κ1) is 14.6. The van der Waals surface area contributed by atoms with Crippen molar-refractivity contribution in [3.05, 3.63) is 29.3 Å². The highest BCUT2D eigenvalue weighted by molar-refractivity contribution is 6.74. The minimum absolute atomic E-state index is 0.0265. The molecule has 2 aliphatic heterocycles. The van der Waals surface area contributed by atoms with E-state index in [2.05, 4.69) is 5.32 Å². The number of fused-ring (bicyclic) bond motifs is 1. The van der Waals surface area contributed by atoms with Crippen LogP contribution in [0.2, 0.25) is 0 Å². The van der Waals surface area contributed by atoms with Crippen molar-refractivity contribution in [1.82, 2.24) is 10.2 Å². The van der Waals surface area contributed by atoms with Crippen LogP contribution in [0.4, 0.5) is 12.9 Å². The molecule has 9 heteroatoms. The molecule has 1 atom stereocenters. The highest BCUT2D eigenvalue weighted by atomic mass is 19.4. The average molecular weight is 311 g/mol. The third kappa shape index (κ3) is 2.26. The van der Waals surface area contributed by atoms with E-state index in [1.165, 1.54) is 12.1 Å². The van der Waals surface area contributed by atoms with E-state index in [1.807, 2.05) is 0 Å². The summed E-state index contributed by atoms with van der Waals surface area (Å²) in [5.74, 6) is -1.69. The largest absolute Gasteiger partial charge is 0.509 e. The van der Waals surface area contributed by atoms with Crippen molar-refractivity contribution in [3.8, 4) is 0 Å². The molecule has 5 nitrogen and oxygen atoms in total. The fourth-order valence-corrected chi connectivity index (χ4v) is 2.92. The Bertz CT molecular complexity index is 690. The number of imide groups is 1. The van der Waals surface area contributed by atoms with Crippen LogP contribution < -0.4 is 10.8 Å². The molecule has 0 bridgehead atoms. The van der Waals surface area contributed by atoms with Crippen LogP contribution in [-0.2, 0) is 16.1 Å². The number of hydrogen-bond acceptors (Lipinski definition) is 3. The summed E-state index contributed by atoms with van der Waals surface area (Å²) >= 11 is 0. The fourth-order valence-electron chi connectivity index (χ4n) is 2.92. The Balaban J connectivity index is 1.95. The maximum absolute atomic E-state index is 13.1. The van der Waals surface area contributed by atoms with Crippen molar-refractivity contribution < 1.29 is 27.3 Å². The van der Waals surface area contributed by atoms with Crippen LogP contribution in [0.25, 0.3) is 0 Å². The summed E-state index contributed by atoms with van der Waals surface area (Å²) in [7, 11) is 0. The Morgan fingerprint density at radius 1 is 1.18 bits per heavy atom. The normalized spacial score (nSPS) is 21.9. The average Bonchev–Trinajstić information content (AvgIpc) is 2.75. The van der Waals surface area contributed by atoms with Crippen molar-refractivity contribution in [3.63, 3.8) is 0 Å². The molecule has 2 aliphatic rings. The number of carbonyl (C=O) groups is 3. The minimum atomic E-state index is -5.24. The number of rotatable bonds is 2. The molecule has 1 aromatic carbocycles. The lowest BCUT2D eigenvalue weighted by Gasteiger charge is -2.29. The van der Waals surface area contributed by atoms with Crippen molar-refractivity contribution in [2.75, 3.05) is 0 Å². The van der Waals surface area contributed by atoms with Crippen LogP contribution in [-0.4, -0.2) is 35.6 Å². The first-order valence-electron chi connectivity index (χ1n) is 6.75. The molecule has 0 aromatic heterocycles. The smallest absolute Gasteiger partial charge is 0.445 e. The summed E-state index contributed by atoms with van der Waals surface area (Å²) in [5.41, 5.74) is -0.924. The van der Waals surface area contributed by atoms with E-state index >= 15 is 0 Å². The van der Waals surface area contributed by atoms with Crippen LogP contribution in [0.5, 0.6) is 0 Å². The van der Waals surface area contributed by atoms with Gasteiger partial charge in [0.05, 0.1) is 0 Å². The van der Waals surface area contributed by atoms with E-state index in [4.69, 9.17) is 0 Å². The summed E-state index contributed by atoms with van der Waals surface area (Å²) < 4.78 is 39.2. The Morgan fingerprint density at radius 3 is 2.55 bits per heavy atom. The van der Waals surface area contributed by atoms with Gasteiger partial charge in [0.2, 0.25) is 11.8 Å². The molecular weight excluding hydrogens is 300 g/mol. The van der Waals surface area contributed by atoms with Gasteiger partial charge in [-0.15, -0.1) is 5.46 Å². The molecule has 0 saturated carbocycles. The monoisotopic (exact) mass is 311 g/mol. The van der Waals surface area contributed by atoms with Crippen molar-refractivity contribution in [2.24, 2.45) is 0 Å². The third-order valence-corrected chi connectivity index (χ3v) is 3.97. The zero-order chi connectivity index (χ0) is 16.1. The van der Waals surface area contributed by atoms with E-state index in [-0.39, 0.29) is 30.5 Å². The van der Waals surface area contributed by atoms with Gasteiger partial charge in [0.25, 0.3) is 5.91 Å². The molecule has 2 heterocycles. The van der Waals surface area contributed by atoms with Gasteiger partial charge >= 0.3 is 6.98 Å². The van der Waals surface area contributed by atoms with E-state index in [0.29, 0.717) is 0 Å². The fraction of sp³-hybridized carbons (Fsp3) is 0.308. The van der Waals surface area contributed by atoms with E-state index in [1.54, 1.807) is 0 Å². The molecule has 0 aliphatic carbocycles. The number of hydrogen-bond donors (Lipinski definition) is 1. The van der Waals surface area contributed by atoms with Crippen LogP contribution in [0, 0.1) is 0 Å². The zero-order valence-electron chi connectivity index (χ0n) is 11.3. The highest BCUT2D eigenvalue weighted by Crippen LogP contribution is 2.28. The Labute approximate surface area is 123 Å². The van der Waals surface area contributed by atoms with E-state index < -0.39 is 36.2 Å². The number of nitrogens with zero attached hydrogens (tertiary/aromatic N) is 1. The molecule has 1 saturated heterocycles. The van der Waals surface area contributed by atoms with Crippen LogP contribution in [0.3, 0.4) is 0 Å². The topological polar surface area (TPSA) is 66.5 Å². The number of benzene rings is 1. The van der Waals surface area contributed by atoms with Gasteiger partial charge in [-0.05, 0) is 18.1 Å². The quantitative estimate of drug-likeness (QED) is 0.639. The lowest BCUT2D eigenvalue weighted by atomic mass is 9.76. The van der Waals surface area contributed by atoms with Crippen LogP contribution >= 0.6 is 0 Å². The van der Waals surface area contributed by atoms with Gasteiger partial charge in [-0.3, -0.25) is 19.7 Å². The van der Waals surface area contributed by atoms with Gasteiger partial charge in [0.1, 0.15) is 6.04 Å². The second-order valence-corrected chi connectivity index (χ2v) is 5.35. The molecule has 116 valence electrons. The number of piperidine rings is 1. The molecule has 0 radical (unpaired) electrons. The van der Waals surface area contributed by atoms with Crippen LogP contribution in [0.1, 0.15) is 28.8 Å². The molecule has 3 rings (SSSR count). The minimum Gasteiger partial charge on any atom is -0.445 e. The lowest BCUT2D eigenvalue weighted by Crippen LogP contribution is -2.52. The third-order valence-electron chi connectivity index (χ3n) is 3.97. The predicted octanol–water partition coefficient (Wildman–Crippen LogP) is 0.502. The standard InChI is InChI=1S/C13H11BF3N2O3/c15-14(16,17)9-3-1-2-7-8(9)6-19(13(7)22)10-4-5-11(20)18-12(10)21/h1-3,10H,4-6H2,(H,18,20,21)/q-1. The summed E-state index contributed by atoms with van der Waals surface area (Å²) in [4.78, 5) is 36.4. The molecule has 1 aromatic rings. The van der Waals surface area contributed by atoms with Gasteiger partial charge in [-0.25, -0.2) is 0 Å². The number of amides is 3. The molecule has 1 N–H and O–H groups in total. The Hall–Kier alpha value is -2.32. The summed E-state index contributed by atoms with van der Waals surface area (Å²) in [6.45, 7) is -5.50. The lowest BCUT2D eigenvalue weighted by molar-refractivity contribution is -0.136. The molecule has 22 heavy (non-hydrogen) atoms. The maximum atomic E-state index is 13.1. The first-order chi connectivity index (χ1) is 10.3. The Kier molecular flexibility index (Phi) is 3.23. The van der Waals surface area contributed by atoms with Crippen molar-refractivity contribution in [2.45, 2.75) is 25.4 Å². The summed E-state index contributed by atoms with van der Waals surface area (Å²) in [6, 6.07) is 2.55. The number of halogens is 3. The predicted molar refractivity (Wildman–Crippen MR) is 71.2 cm³/mol. The van der Waals surface area contributed by atoms with Gasteiger partial charge in [-0.2, -0.15) is 0 Å². The summed E-state index contributed by atoms with van der Waals surface area (Å²) in [6.07, 6.45) is 0.184. The van der Waals surface area contributed by atoms with Crippen LogP contribution in [0.15, 0.2) is 18.2 Å². The van der Waals surface area contributed by atoms with Gasteiger partial charge in [0.15, 0.2) is 0 Å². The maximum Gasteiger partial charge on any atom is 0.509 e. The van der Waals surface area contributed by atoms with Gasteiger partial charge in [0, 0.05) is 18.5 Å². The molecule has 1 unspecified atom stereocenters. The molecule has 1 fully saturated rings. The molecule has 0 spiro atoms. The van der Waals surface area contributed by atoms with Crippen molar-refractivity contribution in [1.29, 1.82) is 0 Å². The SMILES string of the molecule is O=C1CCC(N2Cc3c(cccc3[B-](F)(F)F)C2=O)C(=O)N1. The molecular formula is C13H11BF3N2O3-. The van der Waals surface area contributed by atoms with E-state index in [0.717, 1.165) is 11.0 Å². The first-order valence-corrected chi connectivity index (χ1v) is 6.75. The summed E-state index contributed by atoms with van der Waals surface area (Å²) in [5, 5.41) is 2.11. The number of carbonyl (C=O) groups excluding carboxylic acids is 3.